The highest BCUT2D eigenvalue weighted by atomic mass is 16.5. The van der Waals surface area contributed by atoms with Crippen molar-refractivity contribution in [1.82, 2.24) is 9.80 Å². The fraction of sp³-hybridized carbons (Fsp3) is 0.318. The van der Waals surface area contributed by atoms with E-state index >= 15 is 0 Å². The third kappa shape index (κ3) is 6.14. The van der Waals surface area contributed by atoms with Crippen LogP contribution in [0.3, 0.4) is 0 Å². The molecular formula is C22H28N2O2. The van der Waals surface area contributed by atoms with E-state index in [1.807, 2.05) is 82.8 Å². The van der Waals surface area contributed by atoms with Gasteiger partial charge in [0.05, 0.1) is 0 Å². The van der Waals surface area contributed by atoms with Crippen LogP contribution in [-0.2, 0) is 6.54 Å². The van der Waals surface area contributed by atoms with Crippen LogP contribution in [0.1, 0.15) is 21.5 Å². The number of para-hydroxylation sites is 1. The molecule has 0 atom stereocenters. The van der Waals surface area contributed by atoms with Crippen LogP contribution in [0.25, 0.3) is 6.08 Å². The first-order chi connectivity index (χ1) is 12.5. The minimum Gasteiger partial charge on any atom is -0.492 e. The fourth-order valence-corrected chi connectivity index (χ4v) is 2.58. The molecule has 0 radical (unpaired) electrons. The smallest absolute Gasteiger partial charge is 0.186 e. The van der Waals surface area contributed by atoms with E-state index in [-0.39, 0.29) is 5.78 Å². The van der Waals surface area contributed by atoms with Gasteiger partial charge in [-0.05, 0) is 52.0 Å². The number of ketones is 1. The average Bonchev–Trinajstić information content (AvgIpc) is 2.60. The van der Waals surface area contributed by atoms with Crippen LogP contribution in [0, 0.1) is 0 Å². The Labute approximate surface area is 156 Å². The molecule has 0 spiro atoms. The Balaban J connectivity index is 2.14. The highest BCUT2D eigenvalue weighted by Crippen LogP contribution is 2.20. The predicted octanol–water partition coefficient (Wildman–Crippen LogP) is 3.58. The largest absolute Gasteiger partial charge is 0.492 e. The summed E-state index contributed by atoms with van der Waals surface area (Å²) in [6.07, 6.45) is 3.46. The summed E-state index contributed by atoms with van der Waals surface area (Å²) in [5.74, 6) is 0.797. The molecule has 0 N–H and O–H groups in total. The maximum Gasteiger partial charge on any atom is 0.186 e. The summed E-state index contributed by atoms with van der Waals surface area (Å²) in [5.41, 5.74) is 2.68. The van der Waals surface area contributed by atoms with Crippen LogP contribution in [0.2, 0.25) is 0 Å². The molecule has 4 nitrogen and oxygen atoms in total. The van der Waals surface area contributed by atoms with E-state index in [0.717, 1.165) is 35.5 Å². The van der Waals surface area contributed by atoms with E-state index in [1.165, 1.54) is 0 Å². The minimum atomic E-state index is 0.00513. The second-order valence-corrected chi connectivity index (χ2v) is 6.78. The summed E-state index contributed by atoms with van der Waals surface area (Å²) in [5, 5.41) is 0. The zero-order chi connectivity index (χ0) is 18.9. The van der Waals surface area contributed by atoms with Gasteiger partial charge in [0.15, 0.2) is 5.78 Å². The van der Waals surface area contributed by atoms with Gasteiger partial charge in [-0.25, -0.2) is 0 Å². The van der Waals surface area contributed by atoms with Crippen molar-refractivity contribution in [2.75, 3.05) is 41.3 Å². The van der Waals surface area contributed by atoms with Crippen molar-refractivity contribution in [2.45, 2.75) is 6.54 Å². The molecular weight excluding hydrogens is 324 g/mol. The van der Waals surface area contributed by atoms with Crippen molar-refractivity contribution in [2.24, 2.45) is 0 Å². The quantitative estimate of drug-likeness (QED) is 0.510. The van der Waals surface area contributed by atoms with Crippen molar-refractivity contribution < 1.29 is 9.53 Å². The summed E-state index contributed by atoms with van der Waals surface area (Å²) < 4.78 is 5.85. The topological polar surface area (TPSA) is 32.8 Å². The van der Waals surface area contributed by atoms with Gasteiger partial charge in [0.25, 0.3) is 0 Å². The molecule has 0 amide bonds. The molecule has 138 valence electrons. The zero-order valence-electron chi connectivity index (χ0n) is 16.1. The molecule has 0 aliphatic carbocycles. The molecule has 2 aromatic rings. The van der Waals surface area contributed by atoms with Gasteiger partial charge in [0.1, 0.15) is 12.4 Å². The first-order valence-corrected chi connectivity index (χ1v) is 8.79. The first kappa shape index (κ1) is 19.9. The lowest BCUT2D eigenvalue weighted by molar-refractivity contribution is 0.104. The summed E-state index contributed by atoms with van der Waals surface area (Å²) in [4.78, 5) is 16.8. The van der Waals surface area contributed by atoms with Crippen molar-refractivity contribution in [3.05, 3.63) is 71.3 Å². The van der Waals surface area contributed by atoms with Crippen molar-refractivity contribution in [3.8, 4) is 5.75 Å². The van der Waals surface area contributed by atoms with E-state index in [0.29, 0.717) is 6.61 Å². The molecule has 0 unspecified atom stereocenters. The van der Waals surface area contributed by atoms with Crippen LogP contribution in [-0.4, -0.2) is 56.9 Å². The summed E-state index contributed by atoms with van der Waals surface area (Å²) in [6, 6.07) is 15.5. The Morgan fingerprint density at radius 3 is 2.38 bits per heavy atom. The monoisotopic (exact) mass is 352 g/mol. The normalized spacial score (nSPS) is 11.5. The van der Waals surface area contributed by atoms with E-state index in [4.69, 9.17) is 4.74 Å². The van der Waals surface area contributed by atoms with Crippen LogP contribution in [0.5, 0.6) is 5.75 Å². The Bertz CT molecular complexity index is 751. The number of hydrogen-bond acceptors (Lipinski definition) is 4. The SMILES string of the molecule is CN(C)CCOc1ccccc1/C=C/C(=O)c1ccccc1CN(C)C. The highest BCUT2D eigenvalue weighted by molar-refractivity contribution is 6.07. The molecule has 4 heteroatoms. The second-order valence-electron chi connectivity index (χ2n) is 6.78. The van der Waals surface area contributed by atoms with Gasteiger partial charge < -0.3 is 14.5 Å². The van der Waals surface area contributed by atoms with Gasteiger partial charge >= 0.3 is 0 Å². The van der Waals surface area contributed by atoms with Crippen molar-refractivity contribution in [3.63, 3.8) is 0 Å². The number of allylic oxidation sites excluding steroid dienone is 1. The molecule has 0 aliphatic heterocycles. The zero-order valence-corrected chi connectivity index (χ0v) is 16.1. The molecule has 0 saturated heterocycles. The molecule has 0 bridgehead atoms. The van der Waals surface area contributed by atoms with Gasteiger partial charge in [-0.1, -0.05) is 42.5 Å². The number of likely N-dealkylation sites (N-methyl/N-ethyl adjacent to an activating group) is 1. The van der Waals surface area contributed by atoms with E-state index in [1.54, 1.807) is 6.08 Å². The van der Waals surface area contributed by atoms with E-state index in [9.17, 15) is 4.79 Å². The molecule has 2 rings (SSSR count). The van der Waals surface area contributed by atoms with Gasteiger partial charge in [-0.15, -0.1) is 0 Å². The number of benzene rings is 2. The summed E-state index contributed by atoms with van der Waals surface area (Å²) >= 11 is 0. The van der Waals surface area contributed by atoms with Crippen LogP contribution < -0.4 is 4.74 Å². The fourth-order valence-electron chi connectivity index (χ4n) is 2.58. The van der Waals surface area contributed by atoms with Crippen LogP contribution in [0.15, 0.2) is 54.6 Å². The molecule has 2 aromatic carbocycles. The van der Waals surface area contributed by atoms with Crippen LogP contribution >= 0.6 is 0 Å². The number of nitrogens with zero attached hydrogens (tertiary/aromatic N) is 2. The second kappa shape index (κ2) is 9.90. The van der Waals surface area contributed by atoms with Crippen molar-refractivity contribution >= 4 is 11.9 Å². The van der Waals surface area contributed by atoms with Gasteiger partial charge in [0.2, 0.25) is 0 Å². The lowest BCUT2D eigenvalue weighted by Crippen LogP contribution is -2.19. The maximum absolute atomic E-state index is 12.7. The minimum absolute atomic E-state index is 0.00513. The predicted molar refractivity (Wildman–Crippen MR) is 108 cm³/mol. The molecule has 0 fully saturated rings. The maximum atomic E-state index is 12.7. The lowest BCUT2D eigenvalue weighted by Gasteiger charge is -2.13. The molecule has 0 aromatic heterocycles. The average molecular weight is 352 g/mol. The Hall–Kier alpha value is -2.43. The van der Waals surface area contributed by atoms with E-state index < -0.39 is 0 Å². The van der Waals surface area contributed by atoms with Crippen LogP contribution in [0.4, 0.5) is 0 Å². The Kier molecular flexibility index (Phi) is 7.57. The molecule has 0 aliphatic rings. The van der Waals surface area contributed by atoms with Gasteiger partial charge in [-0.2, -0.15) is 0 Å². The number of carbonyl (C=O) groups excluding carboxylic acids is 1. The number of rotatable bonds is 9. The third-order valence-corrected chi connectivity index (χ3v) is 3.90. The number of hydrogen-bond donors (Lipinski definition) is 0. The molecule has 0 saturated carbocycles. The summed E-state index contributed by atoms with van der Waals surface area (Å²) in [7, 11) is 8.02. The molecule has 0 heterocycles. The number of ether oxygens (including phenoxy) is 1. The third-order valence-electron chi connectivity index (χ3n) is 3.90. The lowest BCUT2D eigenvalue weighted by atomic mass is 10.0. The van der Waals surface area contributed by atoms with Crippen molar-refractivity contribution in [1.29, 1.82) is 0 Å². The standard InChI is InChI=1S/C22H28N2O2/c1-23(2)15-16-26-22-12-8-6-9-18(22)13-14-21(25)20-11-7-5-10-19(20)17-24(3)4/h5-14H,15-17H2,1-4H3/b14-13+. The first-order valence-electron chi connectivity index (χ1n) is 8.79. The van der Waals surface area contributed by atoms with E-state index in [2.05, 4.69) is 9.80 Å². The molecule has 26 heavy (non-hydrogen) atoms. The van der Waals surface area contributed by atoms with Gasteiger partial charge in [-0.3, -0.25) is 4.79 Å². The Morgan fingerprint density at radius 1 is 0.962 bits per heavy atom. The Morgan fingerprint density at radius 2 is 1.65 bits per heavy atom. The van der Waals surface area contributed by atoms with Gasteiger partial charge in [0, 0.05) is 24.2 Å². The number of carbonyl (C=O) groups is 1. The summed E-state index contributed by atoms with van der Waals surface area (Å²) in [6.45, 7) is 2.19. The highest BCUT2D eigenvalue weighted by Gasteiger charge is 2.09.